The highest BCUT2D eigenvalue weighted by Crippen LogP contribution is 2.15. The topological polar surface area (TPSA) is 26.3 Å². The van der Waals surface area contributed by atoms with Crippen molar-refractivity contribution in [1.29, 1.82) is 0 Å². The Labute approximate surface area is 101 Å². The molecule has 3 heteroatoms. The van der Waals surface area contributed by atoms with Gasteiger partial charge in [0.25, 0.3) is 0 Å². The Bertz CT molecular complexity index is 372. The standard InChI is InChI=1S/C13H15ClO2/c1-11(15)16-10-6-2-3-7-12-8-4-5-9-13(12)14/h2-5,8-9H,6-7,10H2,1H3/b3-2+. The van der Waals surface area contributed by atoms with Gasteiger partial charge in [-0.3, -0.25) is 4.79 Å². The lowest BCUT2D eigenvalue weighted by Crippen LogP contribution is -1.98. The van der Waals surface area contributed by atoms with Crippen molar-refractivity contribution in [2.75, 3.05) is 6.61 Å². The highest BCUT2D eigenvalue weighted by Gasteiger charge is 1.95. The zero-order valence-electron chi connectivity index (χ0n) is 9.28. The van der Waals surface area contributed by atoms with E-state index in [2.05, 4.69) is 0 Å². The molecule has 86 valence electrons. The highest BCUT2D eigenvalue weighted by atomic mass is 35.5. The molecular formula is C13H15ClO2. The van der Waals surface area contributed by atoms with Crippen LogP contribution in [0, 0.1) is 0 Å². The van der Waals surface area contributed by atoms with Crippen molar-refractivity contribution in [3.63, 3.8) is 0 Å². The lowest BCUT2D eigenvalue weighted by molar-refractivity contribution is -0.140. The molecule has 1 aromatic carbocycles. The van der Waals surface area contributed by atoms with Crippen LogP contribution in [0.4, 0.5) is 0 Å². The van der Waals surface area contributed by atoms with E-state index in [1.54, 1.807) is 0 Å². The molecule has 0 bridgehead atoms. The van der Waals surface area contributed by atoms with E-state index in [4.69, 9.17) is 16.3 Å². The van der Waals surface area contributed by atoms with E-state index in [0.29, 0.717) is 6.61 Å². The maximum Gasteiger partial charge on any atom is 0.302 e. The SMILES string of the molecule is CC(=O)OCC/C=C/Cc1ccccc1Cl. The molecule has 1 rings (SSSR count). The first kappa shape index (κ1) is 12.8. The average molecular weight is 239 g/mol. The Kier molecular flexibility index (Phi) is 5.65. The van der Waals surface area contributed by atoms with Gasteiger partial charge < -0.3 is 4.74 Å². The van der Waals surface area contributed by atoms with Crippen molar-refractivity contribution >= 4 is 17.6 Å². The number of hydrogen-bond acceptors (Lipinski definition) is 2. The van der Waals surface area contributed by atoms with Crippen LogP contribution in [0.15, 0.2) is 36.4 Å². The molecule has 0 atom stereocenters. The van der Waals surface area contributed by atoms with Gasteiger partial charge >= 0.3 is 5.97 Å². The fraction of sp³-hybridized carbons (Fsp3) is 0.308. The summed E-state index contributed by atoms with van der Waals surface area (Å²) in [6, 6.07) is 7.76. The smallest absolute Gasteiger partial charge is 0.302 e. The van der Waals surface area contributed by atoms with Gasteiger partial charge in [0.15, 0.2) is 0 Å². The number of esters is 1. The second-order valence-electron chi connectivity index (χ2n) is 3.40. The van der Waals surface area contributed by atoms with Gasteiger partial charge in [-0.15, -0.1) is 0 Å². The first-order valence-corrected chi connectivity index (χ1v) is 5.59. The summed E-state index contributed by atoms with van der Waals surface area (Å²) >= 11 is 6.00. The molecule has 0 N–H and O–H groups in total. The summed E-state index contributed by atoms with van der Waals surface area (Å²) in [6.07, 6.45) is 5.57. The minimum absolute atomic E-state index is 0.237. The largest absolute Gasteiger partial charge is 0.466 e. The number of hydrogen-bond donors (Lipinski definition) is 0. The Morgan fingerprint density at radius 3 is 2.81 bits per heavy atom. The summed E-state index contributed by atoms with van der Waals surface area (Å²) in [5.41, 5.74) is 1.10. The van der Waals surface area contributed by atoms with Crippen molar-refractivity contribution in [2.24, 2.45) is 0 Å². The number of carbonyl (C=O) groups excluding carboxylic acids is 1. The van der Waals surface area contributed by atoms with Crippen LogP contribution in [-0.4, -0.2) is 12.6 Å². The Balaban J connectivity index is 2.27. The van der Waals surface area contributed by atoms with E-state index >= 15 is 0 Å². The fourth-order valence-corrected chi connectivity index (χ4v) is 1.48. The third kappa shape index (κ3) is 4.99. The predicted octanol–water partition coefficient (Wildman–Crippen LogP) is 3.39. The van der Waals surface area contributed by atoms with Gasteiger partial charge in [-0.1, -0.05) is 42.0 Å². The molecule has 0 aliphatic heterocycles. The van der Waals surface area contributed by atoms with E-state index in [-0.39, 0.29) is 5.97 Å². The normalized spacial score (nSPS) is 10.6. The zero-order chi connectivity index (χ0) is 11.8. The lowest BCUT2D eigenvalue weighted by atomic mass is 10.1. The monoisotopic (exact) mass is 238 g/mol. The summed E-state index contributed by atoms with van der Waals surface area (Å²) < 4.78 is 4.80. The summed E-state index contributed by atoms with van der Waals surface area (Å²) in [4.78, 5) is 10.5. The maximum absolute atomic E-state index is 10.5. The minimum Gasteiger partial charge on any atom is -0.466 e. The number of ether oxygens (including phenoxy) is 1. The van der Waals surface area contributed by atoms with Gasteiger partial charge in [-0.05, 0) is 24.5 Å². The molecule has 0 saturated heterocycles. The van der Waals surface area contributed by atoms with Crippen LogP contribution in [0.1, 0.15) is 18.9 Å². The Morgan fingerprint density at radius 2 is 2.12 bits per heavy atom. The minimum atomic E-state index is -0.237. The molecule has 2 nitrogen and oxygen atoms in total. The molecule has 0 saturated carbocycles. The summed E-state index contributed by atoms with van der Waals surface area (Å²) in [5, 5.41) is 0.784. The molecule has 0 heterocycles. The van der Waals surface area contributed by atoms with Crippen molar-refractivity contribution < 1.29 is 9.53 Å². The number of allylic oxidation sites excluding steroid dienone is 1. The predicted molar refractivity (Wildman–Crippen MR) is 65.5 cm³/mol. The van der Waals surface area contributed by atoms with E-state index in [1.807, 2.05) is 36.4 Å². The average Bonchev–Trinajstić information content (AvgIpc) is 2.25. The van der Waals surface area contributed by atoms with Crippen LogP contribution in [0.2, 0.25) is 5.02 Å². The quantitative estimate of drug-likeness (QED) is 0.447. The molecule has 0 amide bonds. The molecule has 0 aromatic heterocycles. The first-order valence-electron chi connectivity index (χ1n) is 5.22. The summed E-state index contributed by atoms with van der Waals surface area (Å²) in [6.45, 7) is 1.85. The van der Waals surface area contributed by atoms with Gasteiger partial charge in [0.1, 0.15) is 0 Å². The van der Waals surface area contributed by atoms with Crippen molar-refractivity contribution in [3.8, 4) is 0 Å². The van der Waals surface area contributed by atoms with E-state index in [0.717, 1.165) is 23.4 Å². The third-order valence-electron chi connectivity index (χ3n) is 2.05. The van der Waals surface area contributed by atoms with E-state index in [9.17, 15) is 4.79 Å². The van der Waals surface area contributed by atoms with Gasteiger partial charge in [-0.25, -0.2) is 0 Å². The highest BCUT2D eigenvalue weighted by molar-refractivity contribution is 6.31. The molecule has 0 fully saturated rings. The number of rotatable bonds is 5. The second-order valence-corrected chi connectivity index (χ2v) is 3.80. The van der Waals surface area contributed by atoms with Gasteiger partial charge in [0.05, 0.1) is 6.61 Å². The molecule has 1 aromatic rings. The Hall–Kier alpha value is -1.28. The van der Waals surface area contributed by atoms with Crippen LogP contribution in [0.3, 0.4) is 0 Å². The summed E-state index contributed by atoms with van der Waals surface area (Å²) in [5.74, 6) is -0.237. The van der Waals surface area contributed by atoms with Gasteiger partial charge in [0, 0.05) is 11.9 Å². The second kappa shape index (κ2) is 7.07. The number of halogens is 1. The van der Waals surface area contributed by atoms with Crippen molar-refractivity contribution in [1.82, 2.24) is 0 Å². The third-order valence-corrected chi connectivity index (χ3v) is 2.42. The molecule has 16 heavy (non-hydrogen) atoms. The van der Waals surface area contributed by atoms with E-state index < -0.39 is 0 Å². The fourth-order valence-electron chi connectivity index (χ4n) is 1.26. The van der Waals surface area contributed by atoms with Crippen LogP contribution in [0.25, 0.3) is 0 Å². The van der Waals surface area contributed by atoms with E-state index in [1.165, 1.54) is 6.92 Å². The number of carbonyl (C=O) groups is 1. The zero-order valence-corrected chi connectivity index (χ0v) is 10.0. The lowest BCUT2D eigenvalue weighted by Gasteiger charge is -1.99. The molecule has 0 radical (unpaired) electrons. The molecule has 0 aliphatic rings. The molecular weight excluding hydrogens is 224 g/mol. The van der Waals surface area contributed by atoms with Gasteiger partial charge in [-0.2, -0.15) is 0 Å². The van der Waals surface area contributed by atoms with Crippen LogP contribution in [-0.2, 0) is 16.0 Å². The summed E-state index contributed by atoms with van der Waals surface area (Å²) in [7, 11) is 0. The number of benzene rings is 1. The van der Waals surface area contributed by atoms with Crippen LogP contribution >= 0.6 is 11.6 Å². The molecule has 0 spiro atoms. The van der Waals surface area contributed by atoms with Gasteiger partial charge in [0.2, 0.25) is 0 Å². The molecule has 0 unspecified atom stereocenters. The maximum atomic E-state index is 10.5. The first-order chi connectivity index (χ1) is 7.70. The van der Waals surface area contributed by atoms with Crippen LogP contribution < -0.4 is 0 Å². The van der Waals surface area contributed by atoms with Crippen molar-refractivity contribution in [3.05, 3.63) is 47.0 Å². The van der Waals surface area contributed by atoms with Crippen LogP contribution in [0.5, 0.6) is 0 Å². The van der Waals surface area contributed by atoms with Crippen molar-refractivity contribution in [2.45, 2.75) is 19.8 Å². The Morgan fingerprint density at radius 1 is 1.38 bits per heavy atom. The molecule has 0 aliphatic carbocycles.